The molecule has 1 aliphatic heterocycles. The normalized spacial score (nSPS) is 20.1. The Labute approximate surface area is 122 Å². The third-order valence-corrected chi connectivity index (χ3v) is 4.10. The third-order valence-electron chi connectivity index (χ3n) is 4.10. The van der Waals surface area contributed by atoms with Gasteiger partial charge in [0, 0.05) is 5.46 Å². The maximum absolute atomic E-state index is 14.1. The molecule has 1 aromatic rings. The van der Waals surface area contributed by atoms with Crippen LogP contribution in [0.1, 0.15) is 39.7 Å². The zero-order valence-corrected chi connectivity index (χ0v) is 12.7. The highest BCUT2D eigenvalue weighted by Gasteiger charge is 2.52. The molecule has 0 unspecified atom stereocenters. The van der Waals surface area contributed by atoms with E-state index in [1.807, 2.05) is 27.7 Å². The van der Waals surface area contributed by atoms with Crippen molar-refractivity contribution in [1.29, 1.82) is 0 Å². The summed E-state index contributed by atoms with van der Waals surface area (Å²) in [6, 6.07) is 2.38. The smallest absolute Gasteiger partial charge is 0.494 e. The van der Waals surface area contributed by atoms with Crippen molar-refractivity contribution in [2.45, 2.75) is 45.3 Å². The molecule has 0 atom stereocenters. The van der Waals surface area contributed by atoms with Gasteiger partial charge in [0.15, 0.2) is 11.6 Å². The number of benzene rings is 1. The van der Waals surface area contributed by atoms with Gasteiger partial charge in [0.25, 0.3) is 6.43 Å². The van der Waals surface area contributed by atoms with Crippen LogP contribution in [-0.4, -0.2) is 25.4 Å². The predicted octanol–water partition coefficient (Wildman–Crippen LogP) is 3.07. The van der Waals surface area contributed by atoms with Gasteiger partial charge in [0.1, 0.15) is 0 Å². The summed E-state index contributed by atoms with van der Waals surface area (Å²) in [6.07, 6.45) is -2.91. The van der Waals surface area contributed by atoms with Crippen LogP contribution in [0, 0.1) is 5.82 Å². The summed E-state index contributed by atoms with van der Waals surface area (Å²) in [6.45, 7) is 7.40. The first-order valence-electron chi connectivity index (χ1n) is 6.61. The second kappa shape index (κ2) is 5.21. The molecule has 1 aliphatic rings. The Morgan fingerprint density at radius 1 is 1.10 bits per heavy atom. The standard InChI is InChI=1S/C14H18BF3O3/c1-13(2)14(3,4)21-15(20-13)9-7-6-8(12(17)18)10(16)11(9)19-5/h6-7,12H,1-5H3. The van der Waals surface area contributed by atoms with Gasteiger partial charge in [-0.2, -0.15) is 0 Å². The first kappa shape index (κ1) is 16.2. The van der Waals surface area contributed by atoms with Crippen LogP contribution in [0.15, 0.2) is 12.1 Å². The van der Waals surface area contributed by atoms with Crippen LogP contribution in [0.25, 0.3) is 0 Å². The van der Waals surface area contributed by atoms with E-state index in [0.717, 1.165) is 6.07 Å². The molecule has 2 rings (SSSR count). The average Bonchev–Trinajstić information content (AvgIpc) is 2.57. The first-order chi connectivity index (χ1) is 9.60. The van der Waals surface area contributed by atoms with Crippen molar-refractivity contribution in [2.75, 3.05) is 7.11 Å². The fourth-order valence-electron chi connectivity index (χ4n) is 2.12. The Morgan fingerprint density at radius 3 is 2.05 bits per heavy atom. The van der Waals surface area contributed by atoms with Gasteiger partial charge >= 0.3 is 7.12 Å². The summed E-state index contributed by atoms with van der Waals surface area (Å²) >= 11 is 0. The SMILES string of the molecule is COc1c(B2OC(C)(C)C(C)(C)O2)ccc(C(F)F)c1F. The summed E-state index contributed by atoms with van der Waals surface area (Å²) in [4.78, 5) is 0. The van der Waals surface area contributed by atoms with Crippen LogP contribution in [0.4, 0.5) is 13.2 Å². The Balaban J connectivity index is 2.45. The minimum atomic E-state index is -2.91. The maximum atomic E-state index is 14.1. The summed E-state index contributed by atoms with van der Waals surface area (Å²) in [5.41, 5.74) is -1.66. The summed E-state index contributed by atoms with van der Waals surface area (Å²) in [7, 11) is 0.355. The first-order valence-corrected chi connectivity index (χ1v) is 6.61. The van der Waals surface area contributed by atoms with Gasteiger partial charge in [0.05, 0.1) is 23.9 Å². The van der Waals surface area contributed by atoms with Crippen LogP contribution in [0.3, 0.4) is 0 Å². The van der Waals surface area contributed by atoms with E-state index in [1.165, 1.54) is 13.2 Å². The van der Waals surface area contributed by atoms with Crippen LogP contribution >= 0.6 is 0 Å². The lowest BCUT2D eigenvalue weighted by Gasteiger charge is -2.32. The molecule has 0 spiro atoms. The van der Waals surface area contributed by atoms with Gasteiger partial charge in [-0.25, -0.2) is 13.2 Å². The van der Waals surface area contributed by atoms with Gasteiger partial charge in [0.2, 0.25) is 0 Å². The largest absolute Gasteiger partial charge is 0.498 e. The van der Waals surface area contributed by atoms with E-state index in [2.05, 4.69) is 0 Å². The van der Waals surface area contributed by atoms with E-state index < -0.39 is 36.1 Å². The van der Waals surface area contributed by atoms with Crippen molar-refractivity contribution in [1.82, 2.24) is 0 Å². The third kappa shape index (κ3) is 2.64. The molecule has 0 N–H and O–H groups in total. The quantitative estimate of drug-likeness (QED) is 0.803. The van der Waals surface area contributed by atoms with Gasteiger partial charge in [-0.05, 0) is 27.7 Å². The molecule has 0 radical (unpaired) electrons. The van der Waals surface area contributed by atoms with E-state index in [4.69, 9.17) is 14.0 Å². The fourth-order valence-corrected chi connectivity index (χ4v) is 2.12. The molecule has 1 aromatic carbocycles. The zero-order chi connectivity index (χ0) is 16.0. The van der Waals surface area contributed by atoms with Crippen molar-refractivity contribution in [2.24, 2.45) is 0 Å². The van der Waals surface area contributed by atoms with Gasteiger partial charge in [-0.1, -0.05) is 12.1 Å². The van der Waals surface area contributed by atoms with Crippen LogP contribution in [0.2, 0.25) is 0 Å². The van der Waals surface area contributed by atoms with E-state index in [9.17, 15) is 13.2 Å². The molecule has 7 heteroatoms. The van der Waals surface area contributed by atoms with Crippen LogP contribution < -0.4 is 10.2 Å². The van der Waals surface area contributed by atoms with Crippen LogP contribution in [-0.2, 0) is 9.31 Å². The second-order valence-electron chi connectivity index (χ2n) is 5.98. The Morgan fingerprint density at radius 2 is 1.62 bits per heavy atom. The monoisotopic (exact) mass is 302 g/mol. The fraction of sp³-hybridized carbons (Fsp3) is 0.571. The number of ether oxygens (including phenoxy) is 1. The summed E-state index contributed by atoms with van der Waals surface area (Å²) < 4.78 is 56.1. The predicted molar refractivity (Wildman–Crippen MR) is 73.6 cm³/mol. The summed E-state index contributed by atoms with van der Waals surface area (Å²) in [5.74, 6) is -1.36. The highest BCUT2D eigenvalue weighted by molar-refractivity contribution is 6.63. The van der Waals surface area contributed by atoms with E-state index in [-0.39, 0.29) is 11.2 Å². The van der Waals surface area contributed by atoms with Crippen molar-refractivity contribution in [3.63, 3.8) is 0 Å². The Hall–Kier alpha value is -1.21. The highest BCUT2D eigenvalue weighted by atomic mass is 19.3. The highest BCUT2D eigenvalue weighted by Crippen LogP contribution is 2.38. The lowest BCUT2D eigenvalue weighted by atomic mass is 9.77. The van der Waals surface area contributed by atoms with Crippen molar-refractivity contribution < 1.29 is 27.2 Å². The molecule has 1 heterocycles. The van der Waals surface area contributed by atoms with Crippen molar-refractivity contribution in [3.05, 3.63) is 23.5 Å². The van der Waals surface area contributed by atoms with Gasteiger partial charge in [-0.15, -0.1) is 0 Å². The Kier molecular flexibility index (Phi) is 4.01. The van der Waals surface area contributed by atoms with Gasteiger partial charge < -0.3 is 14.0 Å². The minimum Gasteiger partial charge on any atom is -0.494 e. The second-order valence-corrected chi connectivity index (χ2v) is 5.98. The van der Waals surface area contributed by atoms with E-state index in [1.54, 1.807) is 0 Å². The molecule has 0 saturated carbocycles. The molecule has 0 amide bonds. The number of hydrogen-bond donors (Lipinski definition) is 0. The molecular formula is C14H18BF3O3. The number of rotatable bonds is 3. The maximum Gasteiger partial charge on any atom is 0.498 e. The molecule has 1 fully saturated rings. The lowest BCUT2D eigenvalue weighted by Crippen LogP contribution is -2.41. The minimum absolute atomic E-state index is 0.262. The zero-order valence-electron chi connectivity index (χ0n) is 12.7. The van der Waals surface area contributed by atoms with E-state index in [0.29, 0.717) is 0 Å². The van der Waals surface area contributed by atoms with Gasteiger partial charge in [-0.3, -0.25) is 0 Å². The summed E-state index contributed by atoms with van der Waals surface area (Å²) in [5, 5.41) is 0. The number of hydrogen-bond acceptors (Lipinski definition) is 3. The number of alkyl halides is 2. The van der Waals surface area contributed by atoms with Crippen molar-refractivity contribution >= 4 is 12.6 Å². The van der Waals surface area contributed by atoms with Crippen molar-refractivity contribution in [3.8, 4) is 5.75 Å². The molecule has 1 saturated heterocycles. The van der Waals surface area contributed by atoms with Crippen LogP contribution in [0.5, 0.6) is 5.75 Å². The molecule has 116 valence electrons. The molecular weight excluding hydrogens is 284 g/mol. The molecule has 3 nitrogen and oxygen atoms in total. The molecule has 0 aromatic heterocycles. The topological polar surface area (TPSA) is 27.7 Å². The molecule has 0 bridgehead atoms. The average molecular weight is 302 g/mol. The lowest BCUT2D eigenvalue weighted by molar-refractivity contribution is 0.00578. The number of halogens is 3. The van der Waals surface area contributed by atoms with E-state index >= 15 is 0 Å². The molecule has 21 heavy (non-hydrogen) atoms. The Bertz CT molecular complexity index is 531. The number of methoxy groups -OCH3 is 1. The molecule has 0 aliphatic carbocycles.